The van der Waals surface area contributed by atoms with Crippen LogP contribution >= 0.6 is 11.7 Å². The van der Waals surface area contributed by atoms with Gasteiger partial charge in [-0.25, -0.2) is 4.79 Å². The number of aromatic nitrogens is 4. The molecule has 0 atom stereocenters. The van der Waals surface area contributed by atoms with E-state index in [-0.39, 0.29) is 34.6 Å². The molecule has 0 unspecified atom stereocenters. The van der Waals surface area contributed by atoms with Gasteiger partial charge in [-0.1, -0.05) is 12.1 Å². The van der Waals surface area contributed by atoms with Gasteiger partial charge in [-0.2, -0.15) is 8.75 Å². The second-order valence-electron chi connectivity index (χ2n) is 8.43. The molecule has 39 heavy (non-hydrogen) atoms. The minimum atomic E-state index is -1.26. The number of hydrogen-bond acceptors (Lipinski definition) is 10. The molecule has 5 rings (SSSR count). The van der Waals surface area contributed by atoms with Crippen LogP contribution in [-0.2, 0) is 11.2 Å². The first-order chi connectivity index (χ1) is 18.9. The topological polar surface area (TPSA) is 134 Å². The lowest BCUT2D eigenvalue weighted by atomic mass is 9.89. The number of carbonyl (C=O) groups excluding carboxylic acids is 1. The van der Waals surface area contributed by atoms with Gasteiger partial charge in [-0.3, -0.25) is 14.8 Å². The highest BCUT2D eigenvalue weighted by atomic mass is 32.1. The monoisotopic (exact) mass is 542 g/mol. The first-order valence-electron chi connectivity index (χ1n) is 11.7. The Hall–Kier alpha value is -4.90. The summed E-state index contributed by atoms with van der Waals surface area (Å²) in [6.07, 6.45) is 3.17. The number of carboxylic acid groups (broad SMARTS) is 1. The number of carbonyl (C=O) groups is 2. The molecule has 10 nitrogen and oxygen atoms in total. The molecule has 1 N–H and O–H groups in total. The number of ketones is 1. The number of Topliss-reactive ketones (excluding diaryl/α,β-unsaturated/α-hetero) is 1. The third kappa shape index (κ3) is 4.99. The van der Waals surface area contributed by atoms with Gasteiger partial charge < -0.3 is 19.3 Å². The number of carboxylic acids is 1. The number of benzene rings is 3. The third-order valence-electron chi connectivity index (χ3n) is 6.17. The summed E-state index contributed by atoms with van der Waals surface area (Å²) in [5.41, 5.74) is 3.59. The molecule has 0 aliphatic rings. The van der Waals surface area contributed by atoms with Crippen molar-refractivity contribution in [3.63, 3.8) is 0 Å². The van der Waals surface area contributed by atoms with E-state index in [2.05, 4.69) is 18.7 Å². The fraction of sp³-hybridized carbons (Fsp3) is 0.143. The molecule has 0 spiro atoms. The molecular formula is C28H22N4O6S. The molecule has 2 heterocycles. The van der Waals surface area contributed by atoms with Crippen LogP contribution in [0.3, 0.4) is 0 Å². The summed E-state index contributed by atoms with van der Waals surface area (Å²) in [6, 6.07) is 13.3. The Morgan fingerprint density at radius 3 is 2.10 bits per heavy atom. The number of aliphatic carboxylic acids is 1. The Morgan fingerprint density at radius 2 is 1.44 bits per heavy atom. The van der Waals surface area contributed by atoms with Crippen molar-refractivity contribution in [1.82, 2.24) is 18.7 Å². The first kappa shape index (κ1) is 25.7. The average Bonchev–Trinajstić information content (AvgIpc) is 3.43. The van der Waals surface area contributed by atoms with E-state index < -0.39 is 11.8 Å². The van der Waals surface area contributed by atoms with Crippen LogP contribution < -0.4 is 14.2 Å². The standard InChI is InChI=1S/C28H22N4O6S/c1-36-23-13-17(14-24(37-2)27(23)38-3)26(33)18(10-15-4-6-19-21(11-15)30-9-8-29-19)25(28(34)35)16-5-7-20-22(12-16)32-39-31-20/h4-9,11-14H,10H2,1-3H3,(H,34,35). The maximum atomic E-state index is 14.2. The minimum Gasteiger partial charge on any atom is -0.493 e. The van der Waals surface area contributed by atoms with Crippen molar-refractivity contribution in [3.8, 4) is 17.2 Å². The van der Waals surface area contributed by atoms with Gasteiger partial charge >= 0.3 is 5.97 Å². The number of fused-ring (bicyclic) bond motifs is 2. The van der Waals surface area contributed by atoms with E-state index in [4.69, 9.17) is 14.2 Å². The molecule has 196 valence electrons. The van der Waals surface area contributed by atoms with E-state index in [0.29, 0.717) is 38.9 Å². The van der Waals surface area contributed by atoms with Crippen LogP contribution in [0.5, 0.6) is 17.2 Å². The SMILES string of the molecule is COc1cc(C(=O)C(Cc2ccc3nccnc3c2)=C(C(=O)O)c2ccc3nsnc3c2)cc(OC)c1OC. The lowest BCUT2D eigenvalue weighted by molar-refractivity contribution is -0.130. The van der Waals surface area contributed by atoms with E-state index >= 15 is 0 Å². The van der Waals surface area contributed by atoms with Crippen molar-refractivity contribution in [3.05, 3.63) is 83.2 Å². The van der Waals surface area contributed by atoms with Gasteiger partial charge in [0.15, 0.2) is 17.3 Å². The summed E-state index contributed by atoms with van der Waals surface area (Å²) in [4.78, 5) is 35.5. The molecule has 5 aromatic rings. The lowest BCUT2D eigenvalue weighted by Crippen LogP contribution is -2.14. The molecule has 0 saturated carbocycles. The van der Waals surface area contributed by atoms with Crippen LogP contribution in [0, 0.1) is 0 Å². The van der Waals surface area contributed by atoms with Gasteiger partial charge in [-0.05, 0) is 47.5 Å². The summed E-state index contributed by atoms with van der Waals surface area (Å²) >= 11 is 1.03. The predicted molar refractivity (Wildman–Crippen MR) is 146 cm³/mol. The number of hydrogen-bond donors (Lipinski definition) is 1. The zero-order chi connectivity index (χ0) is 27.5. The second kappa shape index (κ2) is 10.8. The van der Waals surface area contributed by atoms with E-state index in [1.54, 1.807) is 48.8 Å². The number of ether oxygens (including phenoxy) is 3. The smallest absolute Gasteiger partial charge is 0.336 e. The van der Waals surface area contributed by atoms with E-state index in [1.807, 2.05) is 0 Å². The summed E-state index contributed by atoms with van der Waals surface area (Å²) in [5, 5.41) is 10.4. The highest BCUT2D eigenvalue weighted by Crippen LogP contribution is 2.39. The minimum absolute atomic E-state index is 0.0109. The summed E-state index contributed by atoms with van der Waals surface area (Å²) < 4.78 is 24.7. The van der Waals surface area contributed by atoms with Gasteiger partial charge in [-0.15, -0.1) is 0 Å². The van der Waals surface area contributed by atoms with Gasteiger partial charge in [0, 0.05) is 30.0 Å². The molecule has 0 saturated heterocycles. The Balaban J connectivity index is 1.73. The summed E-state index contributed by atoms with van der Waals surface area (Å²) in [7, 11) is 4.35. The highest BCUT2D eigenvalue weighted by molar-refractivity contribution is 7.00. The highest BCUT2D eigenvalue weighted by Gasteiger charge is 2.26. The average molecular weight is 543 g/mol. The number of allylic oxidation sites excluding steroid dienone is 1. The maximum Gasteiger partial charge on any atom is 0.336 e. The van der Waals surface area contributed by atoms with Crippen molar-refractivity contribution in [2.45, 2.75) is 6.42 Å². The van der Waals surface area contributed by atoms with Crippen molar-refractivity contribution in [2.24, 2.45) is 0 Å². The Morgan fingerprint density at radius 1 is 0.769 bits per heavy atom. The van der Waals surface area contributed by atoms with E-state index in [1.165, 1.54) is 33.5 Å². The molecule has 11 heteroatoms. The lowest BCUT2D eigenvalue weighted by Gasteiger charge is -2.16. The van der Waals surface area contributed by atoms with E-state index in [0.717, 1.165) is 11.7 Å². The molecule has 0 radical (unpaired) electrons. The van der Waals surface area contributed by atoms with Crippen LogP contribution in [0.1, 0.15) is 21.5 Å². The van der Waals surface area contributed by atoms with Gasteiger partial charge in [0.1, 0.15) is 11.0 Å². The van der Waals surface area contributed by atoms with Crippen molar-refractivity contribution in [1.29, 1.82) is 0 Å². The van der Waals surface area contributed by atoms with Crippen LogP contribution in [-0.4, -0.2) is 56.9 Å². The molecular weight excluding hydrogens is 520 g/mol. The second-order valence-corrected chi connectivity index (χ2v) is 8.95. The molecule has 0 aliphatic carbocycles. The molecule has 2 aromatic heterocycles. The summed E-state index contributed by atoms with van der Waals surface area (Å²) in [5.74, 6) is -0.911. The van der Waals surface area contributed by atoms with Crippen LogP contribution in [0.15, 0.2) is 66.5 Å². The Labute approximate surface area is 226 Å². The zero-order valence-electron chi connectivity index (χ0n) is 21.2. The van der Waals surface area contributed by atoms with Gasteiger partial charge in [0.05, 0.1) is 49.7 Å². The Bertz CT molecular complexity index is 1740. The van der Waals surface area contributed by atoms with Gasteiger partial charge in [0.2, 0.25) is 5.75 Å². The predicted octanol–water partition coefficient (Wildman–Crippen LogP) is 4.62. The van der Waals surface area contributed by atoms with Gasteiger partial charge in [0.25, 0.3) is 0 Å². The third-order valence-corrected chi connectivity index (χ3v) is 6.73. The molecule has 0 fully saturated rings. The molecule has 3 aromatic carbocycles. The normalized spacial score (nSPS) is 11.8. The first-order valence-corrected chi connectivity index (χ1v) is 12.4. The van der Waals surface area contributed by atoms with Crippen molar-refractivity contribution in [2.75, 3.05) is 21.3 Å². The van der Waals surface area contributed by atoms with Crippen molar-refractivity contribution >= 4 is 51.1 Å². The van der Waals surface area contributed by atoms with Crippen LogP contribution in [0.4, 0.5) is 0 Å². The fourth-order valence-electron chi connectivity index (χ4n) is 4.36. The molecule has 0 amide bonds. The van der Waals surface area contributed by atoms with Crippen LogP contribution in [0.25, 0.3) is 27.6 Å². The summed E-state index contributed by atoms with van der Waals surface area (Å²) in [6.45, 7) is 0. The fourth-order valence-corrected chi connectivity index (χ4v) is 4.87. The molecule has 0 aliphatic heterocycles. The van der Waals surface area contributed by atoms with E-state index in [9.17, 15) is 14.7 Å². The number of rotatable bonds is 9. The Kier molecular flexibility index (Phi) is 7.15. The number of methoxy groups -OCH3 is 3. The van der Waals surface area contributed by atoms with Crippen LogP contribution in [0.2, 0.25) is 0 Å². The largest absolute Gasteiger partial charge is 0.493 e. The number of nitrogens with zero attached hydrogens (tertiary/aromatic N) is 4. The zero-order valence-corrected chi connectivity index (χ0v) is 22.0. The van der Waals surface area contributed by atoms with Crippen molar-refractivity contribution < 1.29 is 28.9 Å². The molecule has 0 bridgehead atoms. The maximum absolute atomic E-state index is 14.2. The quantitative estimate of drug-likeness (QED) is 0.208.